The second-order valence-electron chi connectivity index (χ2n) is 7.38. The fraction of sp³-hybridized carbons (Fsp3) is 0.611. The van der Waals surface area contributed by atoms with Gasteiger partial charge in [0.25, 0.3) is 5.91 Å². The lowest BCUT2D eigenvalue weighted by Crippen LogP contribution is -2.48. The van der Waals surface area contributed by atoms with E-state index in [0.29, 0.717) is 37.7 Å². The minimum atomic E-state index is -3.14. The summed E-state index contributed by atoms with van der Waals surface area (Å²) in [4.78, 5) is 16.3. The van der Waals surface area contributed by atoms with E-state index in [1.807, 2.05) is 12.1 Å². The first kappa shape index (κ1) is 19.0. The van der Waals surface area contributed by atoms with E-state index < -0.39 is 15.9 Å². The van der Waals surface area contributed by atoms with Crippen LogP contribution in [-0.4, -0.2) is 64.2 Å². The summed E-state index contributed by atoms with van der Waals surface area (Å²) in [7, 11) is -3.14. The van der Waals surface area contributed by atoms with Gasteiger partial charge in [0.05, 0.1) is 17.5 Å². The number of nitrogens with two attached hydrogens (primary N) is 1. The normalized spacial score (nSPS) is 20.4. The number of rotatable bonds is 4. The van der Waals surface area contributed by atoms with Gasteiger partial charge in [0.1, 0.15) is 0 Å². The van der Waals surface area contributed by atoms with Crippen molar-refractivity contribution in [2.24, 2.45) is 11.7 Å². The molecular formula is C18H28N4O3S. The van der Waals surface area contributed by atoms with Crippen molar-refractivity contribution >= 4 is 27.3 Å². The van der Waals surface area contributed by atoms with Crippen molar-refractivity contribution in [3.63, 3.8) is 0 Å². The molecule has 0 atom stereocenters. The molecule has 3 rings (SSSR count). The maximum absolute atomic E-state index is 11.9. The van der Waals surface area contributed by atoms with Gasteiger partial charge in [-0.3, -0.25) is 4.79 Å². The molecule has 2 heterocycles. The summed E-state index contributed by atoms with van der Waals surface area (Å²) in [5.41, 5.74) is 8.05. The predicted octanol–water partition coefficient (Wildman–Crippen LogP) is 1.10. The number of piperidine rings is 1. The van der Waals surface area contributed by atoms with Crippen molar-refractivity contribution in [2.75, 3.05) is 55.3 Å². The Bertz CT molecular complexity index is 765. The first-order valence-electron chi connectivity index (χ1n) is 9.14. The third kappa shape index (κ3) is 4.12. The van der Waals surface area contributed by atoms with Crippen LogP contribution >= 0.6 is 0 Å². The number of nitrogens with zero attached hydrogens (tertiary/aromatic N) is 3. The third-order valence-corrected chi connectivity index (χ3v) is 6.75. The molecule has 26 heavy (non-hydrogen) atoms. The van der Waals surface area contributed by atoms with Crippen molar-refractivity contribution in [1.29, 1.82) is 0 Å². The lowest BCUT2D eigenvalue weighted by molar-refractivity contribution is 0.100. The van der Waals surface area contributed by atoms with Crippen LogP contribution in [0, 0.1) is 5.92 Å². The quantitative estimate of drug-likeness (QED) is 0.845. The molecule has 1 aromatic carbocycles. The van der Waals surface area contributed by atoms with Gasteiger partial charge in [-0.2, -0.15) is 4.31 Å². The third-order valence-electron chi connectivity index (χ3n) is 5.44. The number of amides is 1. The Kier molecular flexibility index (Phi) is 5.43. The van der Waals surface area contributed by atoms with E-state index in [0.717, 1.165) is 37.3 Å². The monoisotopic (exact) mass is 380 g/mol. The van der Waals surface area contributed by atoms with Gasteiger partial charge < -0.3 is 15.5 Å². The Morgan fingerprint density at radius 3 is 2.19 bits per heavy atom. The first-order chi connectivity index (χ1) is 12.3. The van der Waals surface area contributed by atoms with E-state index in [2.05, 4.69) is 16.7 Å². The molecule has 1 amide bonds. The molecular weight excluding hydrogens is 352 g/mol. The summed E-state index contributed by atoms with van der Waals surface area (Å²) in [5.74, 6) is 0.294. The average Bonchev–Trinajstić information content (AvgIpc) is 2.61. The predicted molar refractivity (Wildman–Crippen MR) is 104 cm³/mol. The van der Waals surface area contributed by atoms with Gasteiger partial charge in [0.2, 0.25) is 10.0 Å². The largest absolute Gasteiger partial charge is 0.371 e. The molecule has 0 spiro atoms. The highest BCUT2D eigenvalue weighted by Gasteiger charge is 2.25. The van der Waals surface area contributed by atoms with Gasteiger partial charge in [-0.05, 0) is 37.0 Å². The number of hydrogen-bond donors (Lipinski definition) is 1. The van der Waals surface area contributed by atoms with Crippen LogP contribution in [0.4, 0.5) is 11.4 Å². The van der Waals surface area contributed by atoms with Gasteiger partial charge in [0, 0.05) is 45.0 Å². The van der Waals surface area contributed by atoms with Crippen LogP contribution in [-0.2, 0) is 10.0 Å². The minimum absolute atomic E-state index is 0.410. The highest BCUT2D eigenvalue weighted by atomic mass is 32.2. The van der Waals surface area contributed by atoms with Gasteiger partial charge in [-0.1, -0.05) is 6.92 Å². The van der Waals surface area contributed by atoms with Crippen LogP contribution in [0.15, 0.2) is 18.2 Å². The van der Waals surface area contributed by atoms with Gasteiger partial charge in [0.15, 0.2) is 0 Å². The van der Waals surface area contributed by atoms with Crippen molar-refractivity contribution in [2.45, 2.75) is 19.8 Å². The molecule has 1 aromatic rings. The number of carbonyl (C=O) groups is 1. The topological polar surface area (TPSA) is 86.9 Å². The second kappa shape index (κ2) is 7.44. The SMILES string of the molecule is CC1CCN(c2cc(N3CCN(S(C)(=O)=O)CC3)ccc2C(N)=O)CC1. The van der Waals surface area contributed by atoms with Gasteiger partial charge in [-0.25, -0.2) is 8.42 Å². The van der Waals surface area contributed by atoms with E-state index in [1.165, 1.54) is 10.6 Å². The zero-order chi connectivity index (χ0) is 18.9. The molecule has 2 N–H and O–H groups in total. The summed E-state index contributed by atoms with van der Waals surface area (Å²) in [6, 6.07) is 5.74. The van der Waals surface area contributed by atoms with Crippen LogP contribution < -0.4 is 15.5 Å². The summed E-state index contributed by atoms with van der Waals surface area (Å²) >= 11 is 0. The summed E-state index contributed by atoms with van der Waals surface area (Å²) in [6.07, 6.45) is 3.46. The Balaban J connectivity index is 1.81. The molecule has 0 aliphatic carbocycles. The lowest BCUT2D eigenvalue weighted by Gasteiger charge is -2.37. The van der Waals surface area contributed by atoms with Crippen LogP contribution in [0.1, 0.15) is 30.1 Å². The average molecular weight is 381 g/mol. The number of sulfonamides is 1. The van der Waals surface area contributed by atoms with E-state index in [4.69, 9.17) is 5.73 Å². The van der Waals surface area contributed by atoms with E-state index in [9.17, 15) is 13.2 Å². The highest BCUT2D eigenvalue weighted by molar-refractivity contribution is 7.88. The van der Waals surface area contributed by atoms with Gasteiger partial charge in [-0.15, -0.1) is 0 Å². The van der Waals surface area contributed by atoms with Crippen LogP contribution in [0.2, 0.25) is 0 Å². The Hall–Kier alpha value is -1.80. The maximum atomic E-state index is 11.9. The molecule has 0 radical (unpaired) electrons. The molecule has 2 saturated heterocycles. The molecule has 2 aliphatic heterocycles. The molecule has 2 fully saturated rings. The van der Waals surface area contributed by atoms with Crippen LogP contribution in [0.5, 0.6) is 0 Å². The first-order valence-corrected chi connectivity index (χ1v) is 11.0. The standard InChI is InChI=1S/C18H28N4O3S/c1-14-5-7-21(8-6-14)17-13-15(3-4-16(17)18(19)23)20-9-11-22(12-10-20)26(2,24)25/h3-4,13-14H,5-12H2,1-2H3,(H2,19,23). The molecule has 144 valence electrons. The van der Waals surface area contributed by atoms with Crippen molar-refractivity contribution in [1.82, 2.24) is 4.31 Å². The zero-order valence-corrected chi connectivity index (χ0v) is 16.3. The van der Waals surface area contributed by atoms with Crippen LogP contribution in [0.25, 0.3) is 0 Å². The maximum Gasteiger partial charge on any atom is 0.250 e. The van der Waals surface area contributed by atoms with E-state index in [1.54, 1.807) is 6.07 Å². The van der Waals surface area contributed by atoms with Crippen molar-refractivity contribution < 1.29 is 13.2 Å². The Morgan fingerprint density at radius 2 is 1.65 bits per heavy atom. The number of benzene rings is 1. The zero-order valence-electron chi connectivity index (χ0n) is 15.5. The molecule has 0 aromatic heterocycles. The van der Waals surface area contributed by atoms with E-state index >= 15 is 0 Å². The lowest BCUT2D eigenvalue weighted by atomic mass is 9.97. The number of primary amides is 1. The van der Waals surface area contributed by atoms with Crippen molar-refractivity contribution in [3.8, 4) is 0 Å². The fourth-order valence-corrected chi connectivity index (χ4v) is 4.54. The van der Waals surface area contributed by atoms with Gasteiger partial charge >= 0.3 is 0 Å². The fourth-order valence-electron chi connectivity index (χ4n) is 3.71. The molecule has 7 nitrogen and oxygen atoms in total. The molecule has 0 bridgehead atoms. The summed E-state index contributed by atoms with van der Waals surface area (Å²) < 4.78 is 24.9. The van der Waals surface area contributed by atoms with Crippen molar-refractivity contribution in [3.05, 3.63) is 23.8 Å². The summed E-state index contributed by atoms with van der Waals surface area (Å²) in [6.45, 7) is 6.34. The number of carbonyl (C=O) groups excluding carboxylic acids is 1. The molecule has 2 aliphatic rings. The highest BCUT2D eigenvalue weighted by Crippen LogP contribution is 2.31. The Labute approximate surface area is 155 Å². The number of anilines is 2. The second-order valence-corrected chi connectivity index (χ2v) is 9.37. The number of hydrogen-bond acceptors (Lipinski definition) is 5. The van der Waals surface area contributed by atoms with Crippen LogP contribution in [0.3, 0.4) is 0 Å². The molecule has 8 heteroatoms. The summed E-state index contributed by atoms with van der Waals surface area (Å²) in [5, 5.41) is 0. The van der Waals surface area contributed by atoms with E-state index in [-0.39, 0.29) is 0 Å². The molecule has 0 unspecified atom stereocenters. The smallest absolute Gasteiger partial charge is 0.250 e. The minimum Gasteiger partial charge on any atom is -0.371 e. The number of piperazine rings is 1. The Morgan fingerprint density at radius 1 is 1.04 bits per heavy atom. The molecule has 0 saturated carbocycles.